The van der Waals surface area contributed by atoms with E-state index in [4.69, 9.17) is 14.5 Å². The zero-order valence-corrected chi connectivity index (χ0v) is 21.8. The van der Waals surface area contributed by atoms with Crippen molar-refractivity contribution in [1.82, 2.24) is 20.9 Å². The molecule has 1 fully saturated rings. The summed E-state index contributed by atoms with van der Waals surface area (Å²) in [7, 11) is 0. The summed E-state index contributed by atoms with van der Waals surface area (Å²) >= 11 is 0. The van der Waals surface area contributed by atoms with Crippen molar-refractivity contribution in [2.45, 2.75) is 72.1 Å². The minimum atomic E-state index is -0.519. The topological polar surface area (TPSA) is 87.2 Å². The van der Waals surface area contributed by atoms with E-state index >= 15 is 0 Å². The number of hydrogen-bond donors (Lipinski definition) is 3. The number of rotatable bonds is 7. The summed E-state index contributed by atoms with van der Waals surface area (Å²) < 4.78 is 10.8. The molecule has 9 heteroatoms. The highest BCUT2D eigenvalue weighted by molar-refractivity contribution is 14.0. The van der Waals surface area contributed by atoms with Gasteiger partial charge < -0.3 is 25.4 Å². The van der Waals surface area contributed by atoms with Crippen molar-refractivity contribution in [1.29, 1.82) is 0 Å². The van der Waals surface area contributed by atoms with Crippen LogP contribution in [0.1, 0.15) is 55.4 Å². The molecule has 0 aromatic rings. The second-order valence-corrected chi connectivity index (χ2v) is 9.47. The molecule has 0 aromatic carbocycles. The standard InChI is InChI=1S/C20H41N5O3.HI/c1-9-21-16(23-15-20(7,8)25-10-12-27-13-11-25)22-14-19(5,6)24-17(26)28-18(2,3)4;/h9-15H2,1-8H3,(H,24,26)(H2,21,22,23);1H. The van der Waals surface area contributed by atoms with Gasteiger partial charge in [0.15, 0.2) is 5.96 Å². The second kappa shape index (κ2) is 12.1. The fourth-order valence-corrected chi connectivity index (χ4v) is 2.81. The summed E-state index contributed by atoms with van der Waals surface area (Å²) in [6, 6.07) is 0. The van der Waals surface area contributed by atoms with Gasteiger partial charge in [0.2, 0.25) is 0 Å². The quantitative estimate of drug-likeness (QED) is 0.268. The number of alkyl carbamates (subject to hydrolysis) is 1. The number of nitrogens with one attached hydrogen (secondary N) is 3. The van der Waals surface area contributed by atoms with E-state index in [2.05, 4.69) is 34.7 Å². The molecule has 172 valence electrons. The van der Waals surface area contributed by atoms with Crippen LogP contribution < -0.4 is 16.0 Å². The molecule has 0 unspecified atom stereocenters. The van der Waals surface area contributed by atoms with E-state index in [1.165, 1.54) is 0 Å². The molecule has 1 aliphatic heterocycles. The van der Waals surface area contributed by atoms with Crippen molar-refractivity contribution >= 4 is 36.0 Å². The van der Waals surface area contributed by atoms with Crippen molar-refractivity contribution in [2.75, 3.05) is 45.9 Å². The molecular weight excluding hydrogens is 485 g/mol. The molecule has 8 nitrogen and oxygen atoms in total. The number of guanidine groups is 1. The monoisotopic (exact) mass is 527 g/mol. The summed E-state index contributed by atoms with van der Waals surface area (Å²) in [4.78, 5) is 19.2. The van der Waals surface area contributed by atoms with Gasteiger partial charge in [0.25, 0.3) is 0 Å². The summed E-state index contributed by atoms with van der Waals surface area (Å²) in [6.07, 6.45) is -0.422. The first kappa shape index (κ1) is 28.2. The largest absolute Gasteiger partial charge is 0.444 e. The predicted molar refractivity (Wildman–Crippen MR) is 129 cm³/mol. The third kappa shape index (κ3) is 11.8. The molecule has 0 aromatic heterocycles. The Bertz CT molecular complexity index is 527. The Morgan fingerprint density at radius 1 is 1.07 bits per heavy atom. The first-order chi connectivity index (χ1) is 12.8. The Morgan fingerprint density at radius 2 is 1.66 bits per heavy atom. The van der Waals surface area contributed by atoms with Gasteiger partial charge in [-0.25, -0.2) is 4.79 Å². The summed E-state index contributed by atoms with van der Waals surface area (Å²) in [6.45, 7) is 21.3. The molecule has 0 spiro atoms. The molecule has 1 aliphatic rings. The van der Waals surface area contributed by atoms with E-state index in [9.17, 15) is 4.79 Å². The molecule has 3 N–H and O–H groups in total. The van der Waals surface area contributed by atoms with E-state index in [-0.39, 0.29) is 29.5 Å². The van der Waals surface area contributed by atoms with Crippen LogP contribution in [0.4, 0.5) is 4.79 Å². The maximum absolute atomic E-state index is 12.1. The van der Waals surface area contributed by atoms with Gasteiger partial charge in [0.05, 0.1) is 25.3 Å². The fraction of sp³-hybridized carbons (Fsp3) is 0.900. The highest BCUT2D eigenvalue weighted by Crippen LogP contribution is 2.16. The van der Waals surface area contributed by atoms with Crippen LogP contribution in [0.15, 0.2) is 4.99 Å². The smallest absolute Gasteiger partial charge is 0.408 e. The van der Waals surface area contributed by atoms with Crippen LogP contribution >= 0.6 is 24.0 Å². The summed E-state index contributed by atoms with van der Waals surface area (Å²) in [5, 5.41) is 9.51. The van der Waals surface area contributed by atoms with Gasteiger partial charge in [0, 0.05) is 31.7 Å². The third-order valence-electron chi connectivity index (χ3n) is 4.37. The fourth-order valence-electron chi connectivity index (χ4n) is 2.81. The molecule has 1 saturated heterocycles. The van der Waals surface area contributed by atoms with Crippen LogP contribution in [-0.2, 0) is 9.47 Å². The highest BCUT2D eigenvalue weighted by atomic mass is 127. The number of aliphatic imine (C=N–C) groups is 1. The van der Waals surface area contributed by atoms with Gasteiger partial charge in [0.1, 0.15) is 5.60 Å². The lowest BCUT2D eigenvalue weighted by Gasteiger charge is -2.40. The summed E-state index contributed by atoms with van der Waals surface area (Å²) in [5.74, 6) is 0.739. The molecule has 29 heavy (non-hydrogen) atoms. The molecule has 0 radical (unpaired) electrons. The summed E-state index contributed by atoms with van der Waals surface area (Å²) in [5.41, 5.74) is -1.05. The number of carbonyl (C=O) groups excluding carboxylic acids is 1. The van der Waals surface area contributed by atoms with E-state index in [0.29, 0.717) is 13.1 Å². The van der Waals surface area contributed by atoms with Gasteiger partial charge in [-0.3, -0.25) is 9.89 Å². The van der Waals surface area contributed by atoms with Crippen molar-refractivity contribution < 1.29 is 14.3 Å². The van der Waals surface area contributed by atoms with Gasteiger partial charge in [-0.15, -0.1) is 24.0 Å². The molecule has 1 amide bonds. The minimum absolute atomic E-state index is 0. The maximum atomic E-state index is 12.1. The number of carbonyl (C=O) groups is 1. The van der Waals surface area contributed by atoms with Crippen LogP contribution in [-0.4, -0.2) is 79.6 Å². The molecule has 1 heterocycles. The molecular formula is C20H42IN5O3. The Morgan fingerprint density at radius 3 is 2.17 bits per heavy atom. The van der Waals surface area contributed by atoms with Gasteiger partial charge in [-0.2, -0.15) is 0 Å². The molecule has 0 aliphatic carbocycles. The van der Waals surface area contributed by atoms with Crippen molar-refractivity contribution in [3.05, 3.63) is 0 Å². The van der Waals surface area contributed by atoms with Crippen LogP contribution in [0.3, 0.4) is 0 Å². The predicted octanol–water partition coefficient (Wildman–Crippen LogP) is 2.57. The van der Waals surface area contributed by atoms with E-state index in [1.54, 1.807) is 0 Å². The Hall–Kier alpha value is -0.810. The Kier molecular flexibility index (Phi) is 11.8. The van der Waals surface area contributed by atoms with Crippen LogP contribution in [0.25, 0.3) is 0 Å². The molecule has 0 atom stereocenters. The van der Waals surface area contributed by atoms with Crippen molar-refractivity contribution in [2.24, 2.45) is 4.99 Å². The number of amides is 1. The third-order valence-corrected chi connectivity index (χ3v) is 4.37. The SMILES string of the molecule is CCNC(=NCC(C)(C)N1CCOCC1)NCC(C)(C)NC(=O)OC(C)(C)C.I. The highest BCUT2D eigenvalue weighted by Gasteiger charge is 2.28. The number of nitrogens with zero attached hydrogens (tertiary/aromatic N) is 2. The number of morpholine rings is 1. The van der Waals surface area contributed by atoms with Gasteiger partial charge in [-0.05, 0) is 55.4 Å². The van der Waals surface area contributed by atoms with E-state index < -0.39 is 17.2 Å². The zero-order chi connectivity index (χ0) is 21.4. The minimum Gasteiger partial charge on any atom is -0.444 e. The van der Waals surface area contributed by atoms with Gasteiger partial charge >= 0.3 is 6.09 Å². The normalized spacial score (nSPS) is 16.6. The molecule has 0 bridgehead atoms. The number of halogens is 1. The van der Waals surface area contributed by atoms with Crippen molar-refractivity contribution in [3.8, 4) is 0 Å². The average molecular weight is 527 g/mol. The lowest BCUT2D eigenvalue weighted by molar-refractivity contribution is -0.00684. The van der Waals surface area contributed by atoms with Crippen LogP contribution in [0.5, 0.6) is 0 Å². The van der Waals surface area contributed by atoms with Crippen molar-refractivity contribution in [3.63, 3.8) is 0 Å². The van der Waals surface area contributed by atoms with Gasteiger partial charge in [-0.1, -0.05) is 0 Å². The maximum Gasteiger partial charge on any atom is 0.408 e. The second-order valence-electron chi connectivity index (χ2n) is 9.47. The Labute approximate surface area is 194 Å². The first-order valence-electron chi connectivity index (χ1n) is 10.2. The number of ether oxygens (including phenoxy) is 2. The van der Waals surface area contributed by atoms with E-state index in [1.807, 2.05) is 41.5 Å². The van der Waals surface area contributed by atoms with E-state index in [0.717, 1.165) is 38.8 Å². The molecule has 1 rings (SSSR count). The van der Waals surface area contributed by atoms with Crippen LogP contribution in [0, 0.1) is 0 Å². The number of hydrogen-bond acceptors (Lipinski definition) is 5. The molecule has 0 saturated carbocycles. The lowest BCUT2D eigenvalue weighted by atomic mass is 10.0. The van der Waals surface area contributed by atoms with Crippen LogP contribution in [0.2, 0.25) is 0 Å². The average Bonchev–Trinajstić information content (AvgIpc) is 2.56. The first-order valence-corrected chi connectivity index (χ1v) is 10.2. The Balaban J connectivity index is 0.00000784. The zero-order valence-electron chi connectivity index (χ0n) is 19.5. The lowest BCUT2D eigenvalue weighted by Crippen LogP contribution is -2.55.